The van der Waals surface area contributed by atoms with Crippen molar-refractivity contribution in [3.63, 3.8) is 0 Å². The first-order chi connectivity index (χ1) is 12.7. The summed E-state index contributed by atoms with van der Waals surface area (Å²) in [5, 5.41) is 0. The Labute approximate surface area is 154 Å². The standard InChI is InChI=1S/C21H25N3O2/c1-3-23-13-15-24(16-14-23)20(22-19-7-5-4-6-8-19)17-9-11-18(12-10-17)21(25)26-2/h4-12H,3,13-16H2,1-2H3/b22-20+. The van der Waals surface area contributed by atoms with E-state index in [-0.39, 0.29) is 5.97 Å². The molecule has 0 saturated carbocycles. The third-order valence-corrected chi connectivity index (χ3v) is 4.67. The third kappa shape index (κ3) is 4.29. The van der Waals surface area contributed by atoms with Crippen LogP contribution in [0.1, 0.15) is 22.8 Å². The number of carbonyl (C=O) groups is 1. The molecule has 0 aliphatic carbocycles. The van der Waals surface area contributed by atoms with Gasteiger partial charge in [-0.3, -0.25) is 0 Å². The summed E-state index contributed by atoms with van der Waals surface area (Å²) in [5.74, 6) is 0.623. The average molecular weight is 351 g/mol. The molecule has 1 saturated heterocycles. The summed E-state index contributed by atoms with van der Waals surface area (Å²) in [6, 6.07) is 17.5. The molecule has 5 heteroatoms. The van der Waals surface area contributed by atoms with E-state index in [9.17, 15) is 4.79 Å². The van der Waals surface area contributed by atoms with Gasteiger partial charge in [0.1, 0.15) is 5.84 Å². The first-order valence-corrected chi connectivity index (χ1v) is 9.01. The Morgan fingerprint density at radius 3 is 2.15 bits per heavy atom. The molecule has 26 heavy (non-hydrogen) atoms. The smallest absolute Gasteiger partial charge is 0.337 e. The van der Waals surface area contributed by atoms with Crippen LogP contribution < -0.4 is 0 Å². The van der Waals surface area contributed by atoms with Crippen molar-refractivity contribution in [1.29, 1.82) is 0 Å². The number of rotatable bonds is 4. The maximum absolute atomic E-state index is 11.7. The van der Waals surface area contributed by atoms with Gasteiger partial charge in [-0.25, -0.2) is 9.79 Å². The van der Waals surface area contributed by atoms with Crippen LogP contribution in [0.3, 0.4) is 0 Å². The normalized spacial score (nSPS) is 15.8. The van der Waals surface area contributed by atoms with E-state index in [2.05, 4.69) is 16.7 Å². The topological polar surface area (TPSA) is 45.1 Å². The number of piperazine rings is 1. The molecule has 2 aromatic carbocycles. The summed E-state index contributed by atoms with van der Waals surface area (Å²) in [6.45, 7) is 7.22. The molecule has 0 atom stereocenters. The van der Waals surface area contributed by atoms with Crippen LogP contribution in [0.25, 0.3) is 0 Å². The number of aliphatic imine (C=N–C) groups is 1. The summed E-state index contributed by atoms with van der Waals surface area (Å²) in [7, 11) is 1.39. The monoisotopic (exact) mass is 351 g/mol. The lowest BCUT2D eigenvalue weighted by Gasteiger charge is -2.36. The van der Waals surface area contributed by atoms with Gasteiger partial charge >= 0.3 is 5.97 Å². The molecule has 0 radical (unpaired) electrons. The highest BCUT2D eigenvalue weighted by molar-refractivity contribution is 6.01. The minimum absolute atomic E-state index is 0.324. The number of ether oxygens (including phenoxy) is 1. The molecule has 0 unspecified atom stereocenters. The number of hydrogen-bond acceptors (Lipinski definition) is 4. The second-order valence-corrected chi connectivity index (χ2v) is 6.26. The number of para-hydroxylation sites is 1. The lowest BCUT2D eigenvalue weighted by atomic mass is 10.1. The van der Waals surface area contributed by atoms with Gasteiger partial charge in [-0.05, 0) is 30.8 Å². The first kappa shape index (κ1) is 18.1. The number of amidine groups is 1. The van der Waals surface area contributed by atoms with Crippen LogP contribution in [0.15, 0.2) is 59.6 Å². The molecule has 0 amide bonds. The second-order valence-electron chi connectivity index (χ2n) is 6.26. The summed E-state index contributed by atoms with van der Waals surface area (Å²) < 4.78 is 4.79. The van der Waals surface area contributed by atoms with Gasteiger partial charge in [-0.15, -0.1) is 0 Å². The number of esters is 1. The minimum atomic E-state index is -0.324. The molecule has 136 valence electrons. The van der Waals surface area contributed by atoms with Crippen LogP contribution in [0.5, 0.6) is 0 Å². The lowest BCUT2D eigenvalue weighted by Crippen LogP contribution is -2.48. The van der Waals surface area contributed by atoms with E-state index in [0.29, 0.717) is 5.56 Å². The second kappa shape index (κ2) is 8.63. The molecule has 1 aliphatic heterocycles. The number of likely N-dealkylation sites (N-methyl/N-ethyl adjacent to an activating group) is 1. The van der Waals surface area contributed by atoms with Crippen LogP contribution in [0, 0.1) is 0 Å². The Bertz CT molecular complexity index is 749. The molecular weight excluding hydrogens is 326 g/mol. The zero-order chi connectivity index (χ0) is 18.4. The Balaban J connectivity index is 1.90. The minimum Gasteiger partial charge on any atom is -0.465 e. The van der Waals surface area contributed by atoms with E-state index < -0.39 is 0 Å². The molecule has 0 bridgehead atoms. The molecule has 2 aromatic rings. The molecule has 1 aliphatic rings. The molecule has 5 nitrogen and oxygen atoms in total. The summed E-state index contributed by atoms with van der Waals surface area (Å²) in [5.41, 5.74) is 2.48. The zero-order valence-corrected chi connectivity index (χ0v) is 15.4. The fraction of sp³-hybridized carbons (Fsp3) is 0.333. The van der Waals surface area contributed by atoms with Crippen molar-refractivity contribution in [3.8, 4) is 0 Å². The first-order valence-electron chi connectivity index (χ1n) is 9.01. The van der Waals surface area contributed by atoms with E-state index >= 15 is 0 Å². The van der Waals surface area contributed by atoms with E-state index in [1.165, 1.54) is 7.11 Å². The molecule has 0 aromatic heterocycles. The Morgan fingerprint density at radius 1 is 0.962 bits per heavy atom. The third-order valence-electron chi connectivity index (χ3n) is 4.67. The summed E-state index contributed by atoms with van der Waals surface area (Å²) in [4.78, 5) is 21.4. The Hall–Kier alpha value is -2.66. The maximum Gasteiger partial charge on any atom is 0.337 e. The molecule has 0 N–H and O–H groups in total. The predicted octanol–water partition coefficient (Wildman–Crippen LogP) is 3.19. The van der Waals surface area contributed by atoms with Crippen molar-refractivity contribution in [2.45, 2.75) is 6.92 Å². The van der Waals surface area contributed by atoms with E-state index in [4.69, 9.17) is 9.73 Å². The lowest BCUT2D eigenvalue weighted by molar-refractivity contribution is 0.0600. The Kier molecular flexibility index (Phi) is 6.02. The number of carbonyl (C=O) groups excluding carboxylic acids is 1. The number of methoxy groups -OCH3 is 1. The fourth-order valence-corrected chi connectivity index (χ4v) is 3.09. The van der Waals surface area contributed by atoms with Gasteiger partial charge in [-0.2, -0.15) is 0 Å². The van der Waals surface area contributed by atoms with Crippen molar-refractivity contribution >= 4 is 17.5 Å². The van der Waals surface area contributed by atoms with Crippen LogP contribution in [0.2, 0.25) is 0 Å². The summed E-state index contributed by atoms with van der Waals surface area (Å²) in [6.07, 6.45) is 0. The van der Waals surface area contributed by atoms with Gasteiger partial charge in [0.25, 0.3) is 0 Å². The SMILES string of the molecule is CCN1CCN(/C(=N/c2ccccc2)c2ccc(C(=O)OC)cc2)CC1. The molecule has 1 heterocycles. The maximum atomic E-state index is 11.7. The fourth-order valence-electron chi connectivity index (χ4n) is 3.09. The largest absolute Gasteiger partial charge is 0.465 e. The van der Waals surface area contributed by atoms with E-state index in [1.54, 1.807) is 12.1 Å². The van der Waals surface area contributed by atoms with Crippen LogP contribution >= 0.6 is 0 Å². The van der Waals surface area contributed by atoms with Crippen LogP contribution in [-0.4, -0.2) is 61.4 Å². The van der Waals surface area contributed by atoms with Crippen molar-refractivity contribution < 1.29 is 9.53 Å². The molecule has 1 fully saturated rings. The van der Waals surface area contributed by atoms with Crippen molar-refractivity contribution in [2.75, 3.05) is 39.8 Å². The van der Waals surface area contributed by atoms with Gasteiger partial charge in [0, 0.05) is 31.7 Å². The van der Waals surface area contributed by atoms with Crippen molar-refractivity contribution in [3.05, 3.63) is 65.7 Å². The summed E-state index contributed by atoms with van der Waals surface area (Å²) >= 11 is 0. The molecule has 3 rings (SSSR count). The van der Waals surface area contributed by atoms with Crippen LogP contribution in [-0.2, 0) is 4.74 Å². The van der Waals surface area contributed by atoms with Gasteiger partial charge in [0.05, 0.1) is 18.4 Å². The molecular formula is C21H25N3O2. The predicted molar refractivity (Wildman–Crippen MR) is 104 cm³/mol. The van der Waals surface area contributed by atoms with Crippen molar-refractivity contribution in [2.24, 2.45) is 4.99 Å². The number of hydrogen-bond donors (Lipinski definition) is 0. The highest BCUT2D eigenvalue weighted by Crippen LogP contribution is 2.18. The van der Waals surface area contributed by atoms with Gasteiger partial charge < -0.3 is 14.5 Å². The molecule has 0 spiro atoms. The van der Waals surface area contributed by atoms with Crippen LogP contribution in [0.4, 0.5) is 5.69 Å². The quantitative estimate of drug-likeness (QED) is 0.482. The van der Waals surface area contributed by atoms with Crippen molar-refractivity contribution in [1.82, 2.24) is 9.80 Å². The highest BCUT2D eigenvalue weighted by atomic mass is 16.5. The van der Waals surface area contributed by atoms with E-state index in [0.717, 1.165) is 49.8 Å². The Morgan fingerprint density at radius 2 is 1.58 bits per heavy atom. The van der Waals surface area contributed by atoms with Gasteiger partial charge in [0.2, 0.25) is 0 Å². The zero-order valence-electron chi connectivity index (χ0n) is 15.4. The number of nitrogens with zero attached hydrogens (tertiary/aromatic N) is 3. The average Bonchev–Trinajstić information content (AvgIpc) is 2.72. The number of benzene rings is 2. The highest BCUT2D eigenvalue weighted by Gasteiger charge is 2.20. The van der Waals surface area contributed by atoms with E-state index in [1.807, 2.05) is 42.5 Å². The van der Waals surface area contributed by atoms with Gasteiger partial charge in [-0.1, -0.05) is 37.3 Å². The van der Waals surface area contributed by atoms with Gasteiger partial charge in [0.15, 0.2) is 0 Å².